The maximum atomic E-state index is 10.3. The second kappa shape index (κ2) is 8.17. The molecule has 3 heteroatoms. The van der Waals surface area contributed by atoms with Crippen LogP contribution >= 0.6 is 0 Å². The van der Waals surface area contributed by atoms with E-state index < -0.39 is 0 Å². The van der Waals surface area contributed by atoms with Crippen LogP contribution in [-0.4, -0.2) is 23.9 Å². The van der Waals surface area contributed by atoms with Gasteiger partial charge in [0.2, 0.25) is 0 Å². The number of hydrogen-bond acceptors (Lipinski definition) is 2. The summed E-state index contributed by atoms with van der Waals surface area (Å²) in [7, 11) is 0. The molecule has 0 saturated carbocycles. The normalized spacial score (nSPS) is 8.00. The van der Waals surface area contributed by atoms with Crippen LogP contribution in [-0.2, 0) is 0 Å². The minimum absolute atomic E-state index is 0. The summed E-state index contributed by atoms with van der Waals surface area (Å²) in [5, 5.41) is 20.5. The second-order valence-electron chi connectivity index (χ2n) is 2.63. The first-order valence-corrected chi connectivity index (χ1v) is 4.23. The van der Waals surface area contributed by atoms with Gasteiger partial charge in [-0.3, -0.25) is 0 Å². The van der Waals surface area contributed by atoms with E-state index in [0.717, 1.165) is 0 Å². The van der Waals surface area contributed by atoms with Gasteiger partial charge in [0.1, 0.15) is 0 Å². The van der Waals surface area contributed by atoms with Gasteiger partial charge in [-0.05, 0) is 0 Å². The first-order valence-electron chi connectivity index (χ1n) is 4.23. The van der Waals surface area contributed by atoms with Crippen molar-refractivity contribution in [1.29, 1.82) is 0 Å². The predicted octanol–water partition coefficient (Wildman–Crippen LogP) is 0.604. The Morgan fingerprint density at radius 3 is 0.933 bits per heavy atom. The van der Waals surface area contributed by atoms with E-state index in [0.29, 0.717) is 0 Å². The molecule has 0 aliphatic carbocycles. The monoisotopic (exact) mass is 308 g/mol. The molecular weight excluding hydrogens is 295 g/mol. The zero-order chi connectivity index (χ0) is 10.2. The Hall–Kier alpha value is -1.16. The number of rotatable bonds is 0. The first-order chi connectivity index (χ1) is 6.79. The summed E-state index contributed by atoms with van der Waals surface area (Å²) in [6.45, 7) is 0. The van der Waals surface area contributed by atoms with Crippen molar-refractivity contribution in [3.63, 3.8) is 0 Å². The van der Waals surface area contributed by atoms with E-state index in [2.05, 4.69) is 0 Å². The van der Waals surface area contributed by atoms with E-state index in [9.17, 15) is 10.2 Å². The van der Waals surface area contributed by atoms with Crippen LogP contribution in [0.3, 0.4) is 0 Å². The number of hydrogen-bond donors (Lipinski definition) is 0. The predicted molar refractivity (Wildman–Crippen MR) is 60.3 cm³/mol. The minimum atomic E-state index is 0. The average molecular weight is 307 g/mol. The molecule has 0 saturated heterocycles. The van der Waals surface area contributed by atoms with Crippen LogP contribution < -0.4 is 10.2 Å². The summed E-state index contributed by atoms with van der Waals surface area (Å²) in [5.74, 6) is 0.144. The molecule has 0 aliphatic rings. The van der Waals surface area contributed by atoms with E-state index in [1.165, 1.54) is 24.3 Å². The van der Waals surface area contributed by atoms with Crippen LogP contribution in [0.4, 0.5) is 0 Å². The third kappa shape index (κ3) is 6.85. The topological polar surface area (TPSA) is 46.1 Å². The quantitative estimate of drug-likeness (QED) is 0.669. The van der Waals surface area contributed by atoms with Gasteiger partial charge in [-0.25, -0.2) is 0 Å². The molecule has 2 nitrogen and oxygen atoms in total. The molecule has 0 N–H and O–H groups in total. The van der Waals surface area contributed by atoms with Crippen molar-refractivity contribution in [1.82, 2.24) is 0 Å². The molecule has 0 atom stereocenters. The Kier molecular flexibility index (Phi) is 7.54. The van der Waals surface area contributed by atoms with Crippen LogP contribution in [0.1, 0.15) is 0 Å². The molecule has 0 unspecified atom stereocenters. The van der Waals surface area contributed by atoms with Crippen LogP contribution in [0, 0.1) is 0 Å². The fourth-order valence-electron chi connectivity index (χ4n) is 0.841. The molecule has 0 aromatic heterocycles. The second-order valence-corrected chi connectivity index (χ2v) is 2.63. The molecule has 0 radical (unpaired) electrons. The van der Waals surface area contributed by atoms with Gasteiger partial charge in [0.25, 0.3) is 0 Å². The Bertz CT molecular complexity index is 311. The maximum absolute atomic E-state index is 10.3. The van der Waals surface area contributed by atoms with Crippen molar-refractivity contribution in [3.05, 3.63) is 60.7 Å². The summed E-state index contributed by atoms with van der Waals surface area (Å²) in [6.07, 6.45) is 0. The molecule has 0 amide bonds. The van der Waals surface area contributed by atoms with Gasteiger partial charge in [0.15, 0.2) is 0 Å². The van der Waals surface area contributed by atoms with Gasteiger partial charge in [0.05, 0.1) is 0 Å². The molecule has 0 heterocycles. The number of benzene rings is 2. The summed E-state index contributed by atoms with van der Waals surface area (Å²) >= 11 is 0. The van der Waals surface area contributed by atoms with Crippen molar-refractivity contribution in [2.45, 2.75) is 0 Å². The molecule has 0 aliphatic heterocycles. The fraction of sp³-hybridized carbons (Fsp3) is 0. The zero-order valence-corrected chi connectivity index (χ0v) is 12.3. The van der Waals surface area contributed by atoms with Gasteiger partial charge >= 0.3 is 23.9 Å². The molecule has 2 aromatic rings. The Labute approximate surface area is 106 Å². The van der Waals surface area contributed by atoms with Crippen molar-refractivity contribution in [2.24, 2.45) is 0 Å². The molecule has 15 heavy (non-hydrogen) atoms. The molecule has 0 bridgehead atoms. The molecule has 0 spiro atoms. The van der Waals surface area contributed by atoms with E-state index in [4.69, 9.17) is 0 Å². The summed E-state index contributed by atoms with van der Waals surface area (Å²) in [5.41, 5.74) is 0. The van der Waals surface area contributed by atoms with Crippen LogP contribution in [0.15, 0.2) is 60.7 Å². The molecule has 0 fully saturated rings. The van der Waals surface area contributed by atoms with E-state index in [-0.39, 0.29) is 35.4 Å². The molecular formula is C12H12O2Sn. The van der Waals surface area contributed by atoms with E-state index in [1.54, 1.807) is 24.3 Å². The Morgan fingerprint density at radius 1 is 0.533 bits per heavy atom. The zero-order valence-electron chi connectivity index (χ0n) is 8.30. The van der Waals surface area contributed by atoms with Gasteiger partial charge in [-0.1, -0.05) is 60.7 Å². The Morgan fingerprint density at radius 2 is 0.800 bits per heavy atom. The van der Waals surface area contributed by atoms with E-state index >= 15 is 0 Å². The third-order valence-electron chi connectivity index (χ3n) is 1.49. The summed E-state index contributed by atoms with van der Waals surface area (Å²) in [4.78, 5) is 0. The number of para-hydroxylation sites is 2. The molecule has 2 aromatic carbocycles. The van der Waals surface area contributed by atoms with Crippen molar-refractivity contribution >= 4 is 23.9 Å². The SMILES string of the molecule is [O-]c1ccccc1.[O-]c1ccccc1.[SnH2+2]. The summed E-state index contributed by atoms with van der Waals surface area (Å²) < 4.78 is 0. The molecule has 76 valence electrons. The first kappa shape index (κ1) is 13.8. The Balaban J connectivity index is 0.000000245. The third-order valence-corrected chi connectivity index (χ3v) is 1.49. The fourth-order valence-corrected chi connectivity index (χ4v) is 0.841. The van der Waals surface area contributed by atoms with Crippen LogP contribution in [0.25, 0.3) is 0 Å². The van der Waals surface area contributed by atoms with Crippen LogP contribution in [0.5, 0.6) is 11.5 Å². The van der Waals surface area contributed by atoms with Crippen molar-refractivity contribution < 1.29 is 10.2 Å². The standard InChI is InChI=1S/2C6H6O.Sn.2H/c2*7-6-4-2-1-3-5-6;;;/h2*1-5,7H;;;/q;;+2;;/p-2. The van der Waals surface area contributed by atoms with E-state index in [1.807, 2.05) is 12.1 Å². The van der Waals surface area contributed by atoms with Gasteiger partial charge in [-0.15, -0.1) is 11.5 Å². The van der Waals surface area contributed by atoms with Crippen molar-refractivity contribution in [2.75, 3.05) is 0 Å². The molecule has 2 rings (SSSR count). The van der Waals surface area contributed by atoms with Crippen molar-refractivity contribution in [3.8, 4) is 11.5 Å². The summed E-state index contributed by atoms with van der Waals surface area (Å²) in [6, 6.07) is 16.7. The van der Waals surface area contributed by atoms with Gasteiger partial charge in [-0.2, -0.15) is 0 Å². The van der Waals surface area contributed by atoms with Gasteiger partial charge < -0.3 is 10.2 Å². The van der Waals surface area contributed by atoms with Crippen LogP contribution in [0.2, 0.25) is 0 Å². The average Bonchev–Trinajstić information content (AvgIpc) is 2.21. The van der Waals surface area contributed by atoms with Gasteiger partial charge in [0, 0.05) is 0 Å².